The standard InChI is InChI=1S/C33H37FN2O2/c1-35-18-14-26-20-25(8-13-32(26)35)30-5-2-4-24-21-27(37)9-12-31(24)33(30)23-6-10-28(11-7-23)38-29-15-19-36(22-29)17-3-16-34/h6-13,20-21,29,37H,2-5,14-19,22H2,1H3/t29-/m0/s1. The Morgan fingerprint density at radius 1 is 0.921 bits per heavy atom. The molecule has 0 amide bonds. The average Bonchev–Trinajstić information content (AvgIpc) is 3.48. The Labute approximate surface area is 225 Å². The van der Waals surface area contributed by atoms with Gasteiger partial charge in [0.15, 0.2) is 0 Å². The Kier molecular flexibility index (Phi) is 7.12. The summed E-state index contributed by atoms with van der Waals surface area (Å²) in [6.45, 7) is 3.45. The minimum absolute atomic E-state index is 0.154. The molecule has 1 fully saturated rings. The van der Waals surface area contributed by atoms with E-state index in [1.807, 2.05) is 12.1 Å². The smallest absolute Gasteiger partial charge is 0.119 e. The van der Waals surface area contributed by atoms with Crippen LogP contribution >= 0.6 is 0 Å². The highest BCUT2D eigenvalue weighted by molar-refractivity contribution is 6.00. The van der Waals surface area contributed by atoms with E-state index in [9.17, 15) is 9.50 Å². The second kappa shape index (κ2) is 10.8. The van der Waals surface area contributed by atoms with E-state index < -0.39 is 0 Å². The van der Waals surface area contributed by atoms with Gasteiger partial charge in [-0.2, -0.15) is 0 Å². The summed E-state index contributed by atoms with van der Waals surface area (Å²) < 4.78 is 18.9. The summed E-state index contributed by atoms with van der Waals surface area (Å²) in [7, 11) is 2.17. The second-order valence-corrected chi connectivity index (χ2v) is 11.0. The number of allylic oxidation sites excluding steroid dienone is 1. The summed E-state index contributed by atoms with van der Waals surface area (Å²) in [6.07, 6.45) is 5.81. The summed E-state index contributed by atoms with van der Waals surface area (Å²) >= 11 is 0. The van der Waals surface area contributed by atoms with Crippen molar-refractivity contribution < 1.29 is 14.2 Å². The Morgan fingerprint density at radius 2 is 1.76 bits per heavy atom. The number of hydrogen-bond acceptors (Lipinski definition) is 4. The lowest BCUT2D eigenvalue weighted by Gasteiger charge is -2.19. The fourth-order valence-electron chi connectivity index (χ4n) is 6.42. The van der Waals surface area contributed by atoms with Gasteiger partial charge >= 0.3 is 0 Å². The van der Waals surface area contributed by atoms with E-state index in [1.165, 1.54) is 44.7 Å². The SMILES string of the molecule is CN1CCc2cc(C3=C(c4ccc(O[C@H]5CCN(CCCF)C5)cc4)c4ccc(O)cc4CCC3)ccc21. The van der Waals surface area contributed by atoms with Crippen molar-refractivity contribution in [1.82, 2.24) is 4.90 Å². The van der Waals surface area contributed by atoms with Crippen molar-refractivity contribution >= 4 is 16.8 Å². The number of rotatable bonds is 7. The van der Waals surface area contributed by atoms with Gasteiger partial charge in [0, 0.05) is 38.9 Å². The highest BCUT2D eigenvalue weighted by atomic mass is 19.1. The van der Waals surface area contributed by atoms with Crippen molar-refractivity contribution in [3.05, 3.63) is 88.5 Å². The third-order valence-electron chi connectivity index (χ3n) is 8.37. The van der Waals surface area contributed by atoms with Gasteiger partial charge in [-0.25, -0.2) is 0 Å². The van der Waals surface area contributed by atoms with Crippen molar-refractivity contribution in [2.24, 2.45) is 0 Å². The number of benzene rings is 3. The number of hydrogen-bond donors (Lipinski definition) is 1. The van der Waals surface area contributed by atoms with Gasteiger partial charge in [0.1, 0.15) is 17.6 Å². The quantitative estimate of drug-likeness (QED) is 0.392. The number of nitrogens with zero attached hydrogens (tertiary/aromatic N) is 2. The van der Waals surface area contributed by atoms with Gasteiger partial charge in [-0.1, -0.05) is 24.3 Å². The molecule has 0 radical (unpaired) electrons. The van der Waals surface area contributed by atoms with Gasteiger partial charge in [-0.15, -0.1) is 0 Å². The molecule has 38 heavy (non-hydrogen) atoms. The maximum atomic E-state index is 12.6. The largest absolute Gasteiger partial charge is 0.508 e. The molecule has 0 saturated carbocycles. The zero-order chi connectivity index (χ0) is 26.1. The molecule has 1 saturated heterocycles. The first kappa shape index (κ1) is 25.0. The molecule has 1 aliphatic carbocycles. The normalized spacial score (nSPS) is 19.4. The van der Waals surface area contributed by atoms with Crippen molar-refractivity contribution in [3.63, 3.8) is 0 Å². The summed E-state index contributed by atoms with van der Waals surface area (Å²) in [6, 6.07) is 21.3. The molecule has 2 aliphatic heterocycles. The number of halogens is 1. The lowest BCUT2D eigenvalue weighted by Crippen LogP contribution is -2.26. The first-order valence-electron chi connectivity index (χ1n) is 14.0. The monoisotopic (exact) mass is 512 g/mol. The molecule has 4 nitrogen and oxygen atoms in total. The number of ether oxygens (including phenoxy) is 1. The molecule has 0 aromatic heterocycles. The van der Waals surface area contributed by atoms with Crippen LogP contribution in [0.5, 0.6) is 11.5 Å². The van der Waals surface area contributed by atoms with E-state index >= 15 is 0 Å². The third kappa shape index (κ3) is 5.04. The molecule has 2 heterocycles. The number of anilines is 1. The van der Waals surface area contributed by atoms with Crippen LogP contribution in [0.4, 0.5) is 10.1 Å². The van der Waals surface area contributed by atoms with Gasteiger partial charge in [0.25, 0.3) is 0 Å². The first-order valence-corrected chi connectivity index (χ1v) is 14.0. The number of aryl methyl sites for hydroxylation is 1. The Morgan fingerprint density at radius 3 is 2.61 bits per heavy atom. The van der Waals surface area contributed by atoms with Crippen LogP contribution < -0.4 is 9.64 Å². The summed E-state index contributed by atoms with van der Waals surface area (Å²) in [5.41, 5.74) is 10.3. The van der Waals surface area contributed by atoms with E-state index in [4.69, 9.17) is 4.74 Å². The molecule has 1 atom stereocenters. The molecule has 6 rings (SSSR count). The van der Waals surface area contributed by atoms with E-state index in [1.54, 1.807) is 0 Å². The average molecular weight is 513 g/mol. The first-order chi connectivity index (χ1) is 18.6. The number of phenols is 1. The summed E-state index contributed by atoms with van der Waals surface area (Å²) in [4.78, 5) is 4.63. The zero-order valence-electron chi connectivity index (χ0n) is 22.3. The number of phenolic OH excluding ortho intramolecular Hbond substituents is 1. The molecule has 1 N–H and O–H groups in total. The van der Waals surface area contributed by atoms with Crippen LogP contribution in [0, 0.1) is 0 Å². The predicted octanol–water partition coefficient (Wildman–Crippen LogP) is 6.49. The van der Waals surface area contributed by atoms with Crippen molar-refractivity contribution in [2.45, 2.75) is 44.6 Å². The lowest BCUT2D eigenvalue weighted by molar-refractivity contribution is 0.198. The Balaban J connectivity index is 1.34. The molecule has 5 heteroatoms. The number of likely N-dealkylation sites (tertiary alicyclic amines) is 1. The maximum absolute atomic E-state index is 12.6. The number of aromatic hydroxyl groups is 1. The maximum Gasteiger partial charge on any atom is 0.119 e. The second-order valence-electron chi connectivity index (χ2n) is 11.0. The van der Waals surface area contributed by atoms with Gasteiger partial charge in [-0.05, 0) is 114 Å². The highest BCUT2D eigenvalue weighted by Crippen LogP contribution is 2.42. The van der Waals surface area contributed by atoms with Crippen LogP contribution in [0.15, 0.2) is 60.7 Å². The van der Waals surface area contributed by atoms with Crippen LogP contribution in [0.2, 0.25) is 0 Å². The van der Waals surface area contributed by atoms with Crippen LogP contribution in [0.25, 0.3) is 11.1 Å². The molecular formula is C33H37FN2O2. The lowest BCUT2D eigenvalue weighted by atomic mass is 9.87. The van der Waals surface area contributed by atoms with Crippen LogP contribution in [-0.4, -0.2) is 56.0 Å². The molecule has 0 unspecified atom stereocenters. The predicted molar refractivity (Wildman–Crippen MR) is 153 cm³/mol. The summed E-state index contributed by atoms with van der Waals surface area (Å²) in [5, 5.41) is 10.2. The van der Waals surface area contributed by atoms with E-state index in [2.05, 4.69) is 65.4 Å². The van der Waals surface area contributed by atoms with Crippen molar-refractivity contribution in [2.75, 3.05) is 44.8 Å². The molecule has 3 aromatic rings. The van der Waals surface area contributed by atoms with Gasteiger partial charge in [-0.3, -0.25) is 9.29 Å². The van der Waals surface area contributed by atoms with E-state index in [-0.39, 0.29) is 12.8 Å². The third-order valence-corrected chi connectivity index (χ3v) is 8.37. The van der Waals surface area contributed by atoms with Crippen LogP contribution in [0.3, 0.4) is 0 Å². The molecule has 3 aromatic carbocycles. The molecule has 0 spiro atoms. The van der Waals surface area contributed by atoms with E-state index in [0.717, 1.165) is 64.0 Å². The fraction of sp³-hybridized carbons (Fsp3) is 0.394. The number of alkyl halides is 1. The van der Waals surface area contributed by atoms with Crippen LogP contribution in [-0.2, 0) is 12.8 Å². The van der Waals surface area contributed by atoms with E-state index in [0.29, 0.717) is 12.2 Å². The molecule has 0 bridgehead atoms. The van der Waals surface area contributed by atoms with Gasteiger partial charge in [0.05, 0.1) is 6.67 Å². The number of fused-ring (bicyclic) bond motifs is 2. The molecule has 3 aliphatic rings. The fourth-order valence-corrected chi connectivity index (χ4v) is 6.42. The highest BCUT2D eigenvalue weighted by Gasteiger charge is 2.25. The Hall–Kier alpha value is -3.31. The minimum Gasteiger partial charge on any atom is -0.508 e. The number of likely N-dealkylation sites (N-methyl/N-ethyl adjacent to an activating group) is 1. The van der Waals surface area contributed by atoms with Crippen molar-refractivity contribution in [1.29, 1.82) is 0 Å². The summed E-state index contributed by atoms with van der Waals surface area (Å²) in [5.74, 6) is 1.21. The topological polar surface area (TPSA) is 35.9 Å². The zero-order valence-corrected chi connectivity index (χ0v) is 22.3. The minimum atomic E-state index is -0.257. The molecular weight excluding hydrogens is 475 g/mol. The molecule has 198 valence electrons. The van der Waals surface area contributed by atoms with Gasteiger partial charge in [0.2, 0.25) is 0 Å². The van der Waals surface area contributed by atoms with Crippen LogP contribution in [0.1, 0.15) is 53.5 Å². The van der Waals surface area contributed by atoms with Crippen molar-refractivity contribution in [3.8, 4) is 11.5 Å². The van der Waals surface area contributed by atoms with Gasteiger partial charge < -0.3 is 14.7 Å². The Bertz CT molecular complexity index is 1330.